The molecule has 0 saturated carbocycles. The summed E-state index contributed by atoms with van der Waals surface area (Å²) in [5, 5.41) is 4.98. The summed E-state index contributed by atoms with van der Waals surface area (Å²) in [5.41, 5.74) is 0. The molecule has 2 aromatic rings. The van der Waals surface area contributed by atoms with Gasteiger partial charge in [-0.3, -0.25) is 0 Å². The fourth-order valence-electron chi connectivity index (χ4n) is 2.68. The van der Waals surface area contributed by atoms with Crippen molar-refractivity contribution in [3.63, 3.8) is 0 Å². The lowest BCUT2D eigenvalue weighted by Gasteiger charge is -2.27. The van der Waals surface area contributed by atoms with Crippen molar-refractivity contribution in [2.24, 2.45) is 0 Å². The zero-order valence-corrected chi connectivity index (χ0v) is 18.1. The minimum absolute atomic E-state index is 0.496. The van der Waals surface area contributed by atoms with E-state index in [1.807, 2.05) is 17.5 Å². The van der Waals surface area contributed by atoms with Gasteiger partial charge in [0.2, 0.25) is 0 Å². The average molecular weight is 483 g/mol. The number of rotatable bonds is 5. The van der Waals surface area contributed by atoms with Gasteiger partial charge in [-0.15, -0.1) is 22.7 Å². The fourth-order valence-corrected chi connectivity index (χ4v) is 8.97. The van der Waals surface area contributed by atoms with Crippen LogP contribution in [0.25, 0.3) is 0 Å². The predicted molar refractivity (Wildman–Crippen MR) is 106 cm³/mol. The molecule has 0 amide bonds. The molecule has 4 rings (SSSR count). The van der Waals surface area contributed by atoms with Crippen LogP contribution in [0.5, 0.6) is 0 Å². The molecule has 0 aliphatic carbocycles. The minimum Gasteiger partial charge on any atom is -0.747 e. The third-order valence-electron chi connectivity index (χ3n) is 3.63. The molecule has 4 heterocycles. The van der Waals surface area contributed by atoms with Gasteiger partial charge in [-0.1, -0.05) is 23.5 Å². The van der Waals surface area contributed by atoms with Crippen LogP contribution < -0.4 is 9.80 Å². The SMILES string of the molecule is O=S(=O)([O-])CN1C(=CC2Sc3ccsc3N2CS(=O)(=O)[O-])Sc2ccsc21. The second-order valence-electron chi connectivity index (χ2n) is 5.57. The molecule has 14 heteroatoms. The maximum absolute atomic E-state index is 11.3. The first-order chi connectivity index (χ1) is 12.6. The number of thiophene rings is 2. The summed E-state index contributed by atoms with van der Waals surface area (Å²) >= 11 is 5.33. The Kier molecular flexibility index (Phi) is 5.04. The normalized spacial score (nSPS) is 21.1. The zero-order valence-electron chi connectivity index (χ0n) is 13.2. The topological polar surface area (TPSA) is 121 Å². The quantitative estimate of drug-likeness (QED) is 0.588. The first-order valence-electron chi connectivity index (χ1n) is 7.23. The second-order valence-corrected chi connectivity index (χ2v) is 12.3. The lowest BCUT2D eigenvalue weighted by Crippen LogP contribution is -2.34. The van der Waals surface area contributed by atoms with Gasteiger partial charge < -0.3 is 18.9 Å². The summed E-state index contributed by atoms with van der Waals surface area (Å²) in [6.45, 7) is 0. The summed E-state index contributed by atoms with van der Waals surface area (Å²) in [5.74, 6) is -1.40. The van der Waals surface area contributed by atoms with Gasteiger partial charge in [0.1, 0.15) is 47.4 Å². The molecule has 1 unspecified atom stereocenters. The fraction of sp³-hybridized carbons (Fsp3) is 0.231. The largest absolute Gasteiger partial charge is 0.747 e. The van der Waals surface area contributed by atoms with E-state index in [2.05, 4.69) is 0 Å². The van der Waals surface area contributed by atoms with Crippen molar-refractivity contribution in [1.29, 1.82) is 0 Å². The molecular formula is C13H10N2O6S6-2. The zero-order chi connectivity index (χ0) is 19.4. The van der Waals surface area contributed by atoms with Crippen LogP contribution >= 0.6 is 46.2 Å². The number of hydrogen-bond acceptors (Lipinski definition) is 12. The molecule has 0 spiro atoms. The molecule has 2 aliphatic rings. The first-order valence-corrected chi connectivity index (χ1v) is 13.8. The van der Waals surface area contributed by atoms with E-state index in [-0.39, 0.29) is 0 Å². The van der Waals surface area contributed by atoms with Gasteiger partial charge in [0, 0.05) is 9.79 Å². The molecule has 27 heavy (non-hydrogen) atoms. The van der Waals surface area contributed by atoms with Crippen LogP contribution in [-0.4, -0.2) is 43.1 Å². The van der Waals surface area contributed by atoms with Crippen LogP contribution in [0.2, 0.25) is 0 Å². The average Bonchev–Trinajstić information content (AvgIpc) is 3.24. The Morgan fingerprint density at radius 3 is 2.26 bits per heavy atom. The van der Waals surface area contributed by atoms with Crippen LogP contribution in [-0.2, 0) is 20.2 Å². The van der Waals surface area contributed by atoms with Crippen molar-refractivity contribution < 1.29 is 25.9 Å². The molecule has 0 N–H and O–H groups in total. The van der Waals surface area contributed by atoms with Crippen LogP contribution in [0.1, 0.15) is 0 Å². The number of hydrogen-bond donors (Lipinski definition) is 0. The first kappa shape index (κ1) is 19.6. The van der Waals surface area contributed by atoms with Crippen molar-refractivity contribution in [2.75, 3.05) is 21.6 Å². The molecule has 0 saturated heterocycles. The predicted octanol–water partition coefficient (Wildman–Crippen LogP) is 2.51. The third-order valence-corrected chi connectivity index (χ3v) is 9.27. The molecule has 8 nitrogen and oxygen atoms in total. The molecule has 2 aromatic heterocycles. The highest BCUT2D eigenvalue weighted by Gasteiger charge is 2.34. The van der Waals surface area contributed by atoms with Crippen LogP contribution in [0, 0.1) is 0 Å². The summed E-state index contributed by atoms with van der Waals surface area (Å²) in [6, 6.07) is 3.67. The minimum atomic E-state index is -4.52. The van der Waals surface area contributed by atoms with Gasteiger partial charge in [-0.2, -0.15) is 0 Å². The molecule has 146 valence electrons. The summed E-state index contributed by atoms with van der Waals surface area (Å²) in [7, 11) is -9.02. The Balaban J connectivity index is 1.69. The Bertz CT molecular complexity index is 1120. The Labute approximate surface area is 172 Å². The van der Waals surface area contributed by atoms with E-state index in [0.29, 0.717) is 15.0 Å². The van der Waals surface area contributed by atoms with E-state index >= 15 is 0 Å². The van der Waals surface area contributed by atoms with E-state index in [0.717, 1.165) is 9.79 Å². The highest BCUT2D eigenvalue weighted by Crippen LogP contribution is 2.52. The number of nitrogens with zero attached hydrogens (tertiary/aromatic N) is 2. The van der Waals surface area contributed by atoms with Crippen molar-refractivity contribution in [2.45, 2.75) is 15.2 Å². The molecule has 2 aliphatic heterocycles. The maximum atomic E-state index is 11.3. The monoisotopic (exact) mass is 482 g/mol. The third kappa shape index (κ3) is 4.17. The van der Waals surface area contributed by atoms with Gasteiger partial charge >= 0.3 is 0 Å². The molecule has 0 bridgehead atoms. The second kappa shape index (κ2) is 6.95. The van der Waals surface area contributed by atoms with E-state index in [1.165, 1.54) is 56.0 Å². The van der Waals surface area contributed by atoms with E-state index in [4.69, 9.17) is 0 Å². The Morgan fingerprint density at radius 2 is 1.59 bits per heavy atom. The summed E-state index contributed by atoms with van der Waals surface area (Å²) in [4.78, 5) is 4.59. The van der Waals surface area contributed by atoms with Gasteiger partial charge in [0.05, 0.1) is 5.03 Å². The Morgan fingerprint density at radius 1 is 0.963 bits per heavy atom. The number of thioether (sulfide) groups is 2. The van der Waals surface area contributed by atoms with Gasteiger partial charge in [-0.25, -0.2) is 16.8 Å². The van der Waals surface area contributed by atoms with Crippen molar-refractivity contribution >= 4 is 76.4 Å². The van der Waals surface area contributed by atoms with E-state index in [1.54, 1.807) is 11.5 Å². The highest BCUT2D eigenvalue weighted by atomic mass is 32.2. The summed E-state index contributed by atoms with van der Waals surface area (Å²) < 4.78 is 68.0. The molecular weight excluding hydrogens is 473 g/mol. The van der Waals surface area contributed by atoms with E-state index in [9.17, 15) is 25.9 Å². The van der Waals surface area contributed by atoms with Crippen molar-refractivity contribution in [1.82, 2.24) is 0 Å². The molecule has 0 radical (unpaired) electrons. The van der Waals surface area contributed by atoms with E-state index < -0.39 is 37.4 Å². The van der Waals surface area contributed by atoms with Gasteiger partial charge in [0.15, 0.2) is 0 Å². The molecule has 0 aromatic carbocycles. The van der Waals surface area contributed by atoms with Crippen LogP contribution in [0.15, 0.2) is 43.8 Å². The molecule has 1 atom stereocenters. The van der Waals surface area contributed by atoms with Crippen molar-refractivity contribution in [3.8, 4) is 0 Å². The summed E-state index contributed by atoms with van der Waals surface area (Å²) in [6.07, 6.45) is 1.70. The standard InChI is InChI=1S/C13H12N2O6S6/c16-26(17,18)6-14-10(24-8-1-3-22-12(8)14)5-11-15(7-27(19,20)21)13-9(25-11)2-4-23-13/h1-5,10H,6-7H2,(H,16,17,18)(H,19,20,21)/p-2. The number of anilines is 2. The lowest BCUT2D eigenvalue weighted by molar-refractivity contribution is 0.460. The van der Waals surface area contributed by atoms with Gasteiger partial charge in [-0.05, 0) is 29.0 Å². The van der Waals surface area contributed by atoms with Crippen molar-refractivity contribution in [3.05, 3.63) is 34.0 Å². The molecule has 0 fully saturated rings. The highest BCUT2D eigenvalue weighted by molar-refractivity contribution is 8.04. The lowest BCUT2D eigenvalue weighted by atomic mass is 10.5. The maximum Gasteiger partial charge on any atom is 0.115 e. The Hall–Kier alpha value is -0.740. The van der Waals surface area contributed by atoms with Gasteiger partial charge in [0.25, 0.3) is 0 Å². The number of fused-ring (bicyclic) bond motifs is 2. The van der Waals surface area contributed by atoms with Crippen LogP contribution in [0.3, 0.4) is 0 Å². The van der Waals surface area contributed by atoms with Crippen LogP contribution in [0.4, 0.5) is 10.0 Å². The smallest absolute Gasteiger partial charge is 0.115 e.